The molecule has 1 aliphatic rings. The van der Waals surface area contributed by atoms with Gasteiger partial charge in [-0.2, -0.15) is 0 Å². The highest BCUT2D eigenvalue weighted by Crippen LogP contribution is 2.26. The second-order valence-corrected chi connectivity index (χ2v) is 6.12. The van der Waals surface area contributed by atoms with Gasteiger partial charge in [0.05, 0.1) is 17.4 Å². The third kappa shape index (κ3) is 2.00. The summed E-state index contributed by atoms with van der Waals surface area (Å²) >= 11 is 0. The van der Waals surface area contributed by atoms with Crippen molar-refractivity contribution >= 4 is 15.8 Å². The van der Waals surface area contributed by atoms with E-state index in [4.69, 9.17) is 5.11 Å². The Morgan fingerprint density at radius 1 is 1.47 bits per heavy atom. The van der Waals surface area contributed by atoms with Crippen molar-refractivity contribution in [2.75, 3.05) is 5.75 Å². The van der Waals surface area contributed by atoms with Gasteiger partial charge in [0.2, 0.25) is 0 Å². The third-order valence-corrected chi connectivity index (χ3v) is 4.34. The number of carboxylic acid groups (broad SMARTS) is 1. The molecule has 0 saturated heterocycles. The van der Waals surface area contributed by atoms with Crippen LogP contribution in [0.5, 0.6) is 0 Å². The lowest BCUT2D eigenvalue weighted by molar-refractivity contribution is 0.0696. The number of carboxylic acids is 1. The van der Waals surface area contributed by atoms with Gasteiger partial charge in [0.25, 0.3) is 0 Å². The first-order valence-electron chi connectivity index (χ1n) is 5.14. The summed E-state index contributed by atoms with van der Waals surface area (Å²) in [5.41, 5.74) is 1.56. The van der Waals surface area contributed by atoms with E-state index in [1.54, 1.807) is 30.6 Å². The Kier molecular flexibility index (Phi) is 2.61. The first-order chi connectivity index (χ1) is 7.82. The van der Waals surface area contributed by atoms with Gasteiger partial charge in [-0.05, 0) is 26.0 Å². The van der Waals surface area contributed by atoms with Gasteiger partial charge in [0, 0.05) is 16.8 Å². The van der Waals surface area contributed by atoms with Gasteiger partial charge in [-0.1, -0.05) is 0 Å². The van der Waals surface area contributed by atoms with E-state index >= 15 is 0 Å². The minimum Gasteiger partial charge on any atom is -0.478 e. The van der Waals surface area contributed by atoms with Crippen LogP contribution in [0.4, 0.5) is 0 Å². The van der Waals surface area contributed by atoms with Crippen molar-refractivity contribution in [1.82, 2.24) is 4.57 Å². The molecular formula is C11H13NO4S. The molecule has 17 heavy (non-hydrogen) atoms. The summed E-state index contributed by atoms with van der Waals surface area (Å²) < 4.78 is 24.5. The van der Waals surface area contributed by atoms with E-state index in [9.17, 15) is 13.2 Å². The maximum absolute atomic E-state index is 11.4. The number of hydrogen-bond donors (Lipinski definition) is 1. The molecule has 0 amide bonds. The standard InChI is InChI=1S/C11H13NO4S/c1-7-5-10(11(13)14)8(2)12(7)9-3-4-17(15,16)6-9/h3-5,9H,6H2,1-2H3,(H,13,14). The number of aromatic carboxylic acids is 1. The van der Waals surface area contributed by atoms with Crippen molar-refractivity contribution in [3.05, 3.63) is 34.5 Å². The lowest BCUT2D eigenvalue weighted by Gasteiger charge is -2.14. The normalized spacial score (nSPS) is 21.9. The highest BCUT2D eigenvalue weighted by Gasteiger charge is 2.26. The monoisotopic (exact) mass is 255 g/mol. The lowest BCUT2D eigenvalue weighted by Crippen LogP contribution is -2.14. The highest BCUT2D eigenvalue weighted by molar-refractivity contribution is 7.94. The van der Waals surface area contributed by atoms with Crippen LogP contribution in [0.3, 0.4) is 0 Å². The van der Waals surface area contributed by atoms with Crippen LogP contribution >= 0.6 is 0 Å². The maximum Gasteiger partial charge on any atom is 0.337 e. The zero-order chi connectivity index (χ0) is 12.8. The Balaban J connectivity index is 2.48. The third-order valence-electron chi connectivity index (χ3n) is 2.96. The van der Waals surface area contributed by atoms with E-state index in [0.29, 0.717) is 5.69 Å². The molecule has 1 aromatic rings. The Morgan fingerprint density at radius 2 is 2.12 bits per heavy atom. The summed E-state index contributed by atoms with van der Waals surface area (Å²) in [5.74, 6) is -0.989. The lowest BCUT2D eigenvalue weighted by atomic mass is 10.2. The predicted octanol–water partition coefficient (Wildman–Crippen LogP) is 1.29. The van der Waals surface area contributed by atoms with Gasteiger partial charge in [0.15, 0.2) is 9.84 Å². The SMILES string of the molecule is Cc1cc(C(=O)O)c(C)n1C1C=CS(=O)(=O)C1. The summed E-state index contributed by atoms with van der Waals surface area (Å²) in [6.45, 7) is 3.47. The van der Waals surface area contributed by atoms with Gasteiger partial charge in [-0.15, -0.1) is 0 Å². The average Bonchev–Trinajstić information content (AvgIpc) is 2.67. The van der Waals surface area contributed by atoms with Gasteiger partial charge in [-0.25, -0.2) is 13.2 Å². The van der Waals surface area contributed by atoms with Crippen LogP contribution in [-0.2, 0) is 9.84 Å². The minimum atomic E-state index is -3.14. The molecule has 1 aliphatic heterocycles. The summed E-state index contributed by atoms with van der Waals surface area (Å²) in [5, 5.41) is 10.2. The first-order valence-corrected chi connectivity index (χ1v) is 6.86. The fourth-order valence-electron chi connectivity index (χ4n) is 2.22. The van der Waals surface area contributed by atoms with Crippen molar-refractivity contribution in [2.24, 2.45) is 0 Å². The number of nitrogens with zero attached hydrogens (tertiary/aromatic N) is 1. The van der Waals surface area contributed by atoms with Crippen molar-refractivity contribution in [2.45, 2.75) is 19.9 Å². The van der Waals surface area contributed by atoms with Gasteiger partial charge in [-0.3, -0.25) is 0 Å². The number of carbonyl (C=O) groups is 1. The van der Waals surface area contributed by atoms with Gasteiger partial charge in [0.1, 0.15) is 0 Å². The van der Waals surface area contributed by atoms with Crippen molar-refractivity contribution < 1.29 is 18.3 Å². The van der Waals surface area contributed by atoms with Crippen molar-refractivity contribution in [3.63, 3.8) is 0 Å². The quantitative estimate of drug-likeness (QED) is 0.863. The van der Waals surface area contributed by atoms with Crippen LogP contribution in [0.15, 0.2) is 17.6 Å². The average molecular weight is 255 g/mol. The molecule has 0 bridgehead atoms. The van der Waals surface area contributed by atoms with Crippen molar-refractivity contribution in [1.29, 1.82) is 0 Å². The topological polar surface area (TPSA) is 76.4 Å². The Hall–Kier alpha value is -1.56. The second-order valence-electron chi connectivity index (χ2n) is 4.19. The van der Waals surface area contributed by atoms with Crippen LogP contribution in [0.1, 0.15) is 27.8 Å². The molecule has 0 radical (unpaired) electrons. The molecule has 0 aromatic carbocycles. The minimum absolute atomic E-state index is 0.00240. The summed E-state index contributed by atoms with van der Waals surface area (Å²) in [6.07, 6.45) is 1.60. The van der Waals surface area contributed by atoms with Gasteiger partial charge >= 0.3 is 5.97 Å². The molecule has 2 rings (SSSR count). The number of allylic oxidation sites excluding steroid dienone is 1. The van der Waals surface area contributed by atoms with Crippen LogP contribution in [0.2, 0.25) is 0 Å². The largest absolute Gasteiger partial charge is 0.478 e. The number of rotatable bonds is 2. The Labute approximate surface area is 99.3 Å². The molecule has 92 valence electrons. The zero-order valence-electron chi connectivity index (χ0n) is 9.54. The Bertz CT molecular complexity index is 610. The number of hydrogen-bond acceptors (Lipinski definition) is 3. The second kappa shape index (κ2) is 3.73. The molecule has 0 saturated carbocycles. The molecule has 2 heterocycles. The smallest absolute Gasteiger partial charge is 0.337 e. The molecule has 0 spiro atoms. The molecule has 0 fully saturated rings. The van der Waals surface area contributed by atoms with E-state index in [1.165, 1.54) is 5.41 Å². The van der Waals surface area contributed by atoms with E-state index in [-0.39, 0.29) is 17.4 Å². The molecule has 1 aromatic heterocycles. The molecular weight excluding hydrogens is 242 g/mol. The van der Waals surface area contributed by atoms with E-state index < -0.39 is 15.8 Å². The van der Waals surface area contributed by atoms with Gasteiger partial charge < -0.3 is 9.67 Å². The van der Waals surface area contributed by atoms with E-state index in [2.05, 4.69) is 0 Å². The zero-order valence-corrected chi connectivity index (χ0v) is 10.4. The molecule has 1 atom stereocenters. The number of aromatic nitrogens is 1. The highest BCUT2D eigenvalue weighted by atomic mass is 32.2. The first kappa shape index (κ1) is 11.9. The summed E-state index contributed by atoms with van der Waals surface area (Å²) in [4.78, 5) is 11.0. The van der Waals surface area contributed by atoms with Crippen LogP contribution in [-0.4, -0.2) is 29.8 Å². The molecule has 0 aliphatic carbocycles. The van der Waals surface area contributed by atoms with Crippen molar-refractivity contribution in [3.8, 4) is 0 Å². The predicted molar refractivity (Wildman–Crippen MR) is 62.8 cm³/mol. The molecule has 1 N–H and O–H groups in total. The maximum atomic E-state index is 11.4. The molecule has 1 unspecified atom stereocenters. The summed E-state index contributed by atoms with van der Waals surface area (Å²) in [7, 11) is -3.14. The fraction of sp³-hybridized carbons (Fsp3) is 0.364. The number of aryl methyl sites for hydroxylation is 1. The van der Waals surface area contributed by atoms with E-state index in [0.717, 1.165) is 5.69 Å². The van der Waals surface area contributed by atoms with Crippen LogP contribution in [0, 0.1) is 13.8 Å². The molecule has 5 nitrogen and oxygen atoms in total. The fourth-order valence-corrected chi connectivity index (χ4v) is 3.49. The molecule has 6 heteroatoms. The summed E-state index contributed by atoms with van der Waals surface area (Å²) in [6, 6.07) is 1.27. The van der Waals surface area contributed by atoms with Crippen LogP contribution in [0.25, 0.3) is 0 Å². The number of sulfone groups is 1. The van der Waals surface area contributed by atoms with Crippen LogP contribution < -0.4 is 0 Å². The van der Waals surface area contributed by atoms with E-state index in [1.807, 2.05) is 0 Å². The Morgan fingerprint density at radius 3 is 2.53 bits per heavy atom.